The van der Waals surface area contributed by atoms with E-state index in [2.05, 4.69) is 5.32 Å². The monoisotopic (exact) mass is 366 g/mol. The Kier molecular flexibility index (Phi) is 6.12. The van der Waals surface area contributed by atoms with Gasteiger partial charge in [-0.1, -0.05) is 24.3 Å². The molecule has 0 atom stereocenters. The van der Waals surface area contributed by atoms with Crippen LogP contribution in [0.2, 0.25) is 0 Å². The van der Waals surface area contributed by atoms with Crippen molar-refractivity contribution in [1.82, 2.24) is 4.90 Å². The lowest BCUT2D eigenvalue weighted by atomic mass is 9.95. The standard InChI is InChI=1S/C22H26N2O3/c1-16-4-3-5-19(14-16)23-22(26)18-10-12-24(13-11-18)21(25)15-17-6-8-20(27-2)9-7-17/h3-9,14,18H,10-13,15H2,1-2H3,(H,23,26). The van der Waals surface area contributed by atoms with Crippen LogP contribution in [-0.2, 0) is 16.0 Å². The number of aryl methyl sites for hydroxylation is 1. The van der Waals surface area contributed by atoms with Crippen molar-refractivity contribution in [1.29, 1.82) is 0 Å². The maximum Gasteiger partial charge on any atom is 0.227 e. The topological polar surface area (TPSA) is 58.6 Å². The van der Waals surface area contributed by atoms with Crippen molar-refractivity contribution in [2.75, 3.05) is 25.5 Å². The minimum Gasteiger partial charge on any atom is -0.497 e. The van der Waals surface area contributed by atoms with E-state index < -0.39 is 0 Å². The number of anilines is 1. The van der Waals surface area contributed by atoms with Crippen molar-refractivity contribution >= 4 is 17.5 Å². The number of methoxy groups -OCH3 is 1. The summed E-state index contributed by atoms with van der Waals surface area (Å²) in [6.07, 6.45) is 1.78. The SMILES string of the molecule is COc1ccc(CC(=O)N2CCC(C(=O)Nc3cccc(C)c3)CC2)cc1. The van der Waals surface area contributed by atoms with Crippen LogP contribution in [0, 0.1) is 12.8 Å². The molecule has 1 heterocycles. The van der Waals surface area contributed by atoms with Crippen LogP contribution in [0.15, 0.2) is 48.5 Å². The maximum absolute atomic E-state index is 12.5. The summed E-state index contributed by atoms with van der Waals surface area (Å²) >= 11 is 0. The normalized spacial score (nSPS) is 14.7. The predicted molar refractivity (Wildman–Crippen MR) is 106 cm³/mol. The van der Waals surface area contributed by atoms with Gasteiger partial charge in [0.15, 0.2) is 0 Å². The van der Waals surface area contributed by atoms with Crippen molar-refractivity contribution in [3.63, 3.8) is 0 Å². The van der Waals surface area contributed by atoms with Gasteiger partial charge in [0.05, 0.1) is 13.5 Å². The number of carbonyl (C=O) groups excluding carboxylic acids is 2. The first kappa shape index (κ1) is 19.0. The number of amides is 2. The first-order chi connectivity index (χ1) is 13.0. The number of nitrogens with zero attached hydrogens (tertiary/aromatic N) is 1. The van der Waals surface area contributed by atoms with Crippen molar-refractivity contribution in [2.45, 2.75) is 26.2 Å². The first-order valence-electron chi connectivity index (χ1n) is 9.33. The molecular formula is C22H26N2O3. The van der Waals surface area contributed by atoms with Crippen molar-refractivity contribution in [3.8, 4) is 5.75 Å². The molecule has 2 aromatic rings. The highest BCUT2D eigenvalue weighted by atomic mass is 16.5. The van der Waals surface area contributed by atoms with Gasteiger partial charge >= 0.3 is 0 Å². The number of nitrogens with one attached hydrogen (secondary N) is 1. The Morgan fingerprint density at radius 2 is 1.81 bits per heavy atom. The number of hydrogen-bond acceptors (Lipinski definition) is 3. The van der Waals surface area contributed by atoms with E-state index in [0.29, 0.717) is 32.4 Å². The number of benzene rings is 2. The lowest BCUT2D eigenvalue weighted by Crippen LogP contribution is -2.42. The zero-order chi connectivity index (χ0) is 19.2. The molecule has 1 fully saturated rings. The highest BCUT2D eigenvalue weighted by Gasteiger charge is 2.27. The van der Waals surface area contributed by atoms with E-state index in [9.17, 15) is 9.59 Å². The summed E-state index contributed by atoms with van der Waals surface area (Å²) in [5.74, 6) is 0.891. The van der Waals surface area contributed by atoms with Crippen LogP contribution in [-0.4, -0.2) is 36.9 Å². The van der Waals surface area contributed by atoms with Crippen molar-refractivity contribution in [2.24, 2.45) is 5.92 Å². The van der Waals surface area contributed by atoms with Gasteiger partial charge in [-0.3, -0.25) is 9.59 Å². The smallest absolute Gasteiger partial charge is 0.227 e. The molecule has 1 aliphatic heterocycles. The quantitative estimate of drug-likeness (QED) is 0.882. The van der Waals surface area contributed by atoms with Crippen LogP contribution in [0.4, 0.5) is 5.69 Å². The first-order valence-corrected chi connectivity index (χ1v) is 9.33. The van der Waals surface area contributed by atoms with Gasteiger partial charge in [0.25, 0.3) is 0 Å². The molecule has 1 aliphatic rings. The molecule has 0 saturated carbocycles. The van der Waals surface area contributed by atoms with Crippen LogP contribution in [0.5, 0.6) is 5.75 Å². The summed E-state index contributed by atoms with van der Waals surface area (Å²) in [7, 11) is 1.62. The fourth-order valence-corrected chi connectivity index (χ4v) is 3.39. The van der Waals surface area contributed by atoms with E-state index in [1.807, 2.05) is 60.4 Å². The predicted octanol–water partition coefficient (Wildman–Crippen LogP) is 3.42. The lowest BCUT2D eigenvalue weighted by Gasteiger charge is -2.31. The zero-order valence-corrected chi connectivity index (χ0v) is 15.9. The summed E-state index contributed by atoms with van der Waals surface area (Å²) in [6.45, 7) is 3.25. The zero-order valence-electron chi connectivity index (χ0n) is 15.9. The Labute approximate surface area is 160 Å². The average Bonchev–Trinajstić information content (AvgIpc) is 2.68. The average molecular weight is 366 g/mol. The second kappa shape index (κ2) is 8.71. The molecule has 5 nitrogen and oxygen atoms in total. The lowest BCUT2D eigenvalue weighted by molar-refractivity contribution is -0.133. The van der Waals surface area contributed by atoms with Gasteiger partial charge in [-0.2, -0.15) is 0 Å². The number of carbonyl (C=O) groups is 2. The fourth-order valence-electron chi connectivity index (χ4n) is 3.39. The van der Waals surface area contributed by atoms with Gasteiger partial charge in [-0.15, -0.1) is 0 Å². The van der Waals surface area contributed by atoms with E-state index in [1.165, 1.54) is 0 Å². The van der Waals surface area contributed by atoms with Crippen LogP contribution in [0.3, 0.4) is 0 Å². The molecule has 2 amide bonds. The Morgan fingerprint density at radius 1 is 1.11 bits per heavy atom. The summed E-state index contributed by atoms with van der Waals surface area (Å²) < 4.78 is 5.14. The highest BCUT2D eigenvalue weighted by Crippen LogP contribution is 2.21. The minimum atomic E-state index is -0.0458. The van der Waals surface area contributed by atoms with E-state index in [-0.39, 0.29) is 17.7 Å². The van der Waals surface area contributed by atoms with Crippen LogP contribution >= 0.6 is 0 Å². The Bertz CT molecular complexity index is 793. The number of ether oxygens (including phenoxy) is 1. The minimum absolute atomic E-state index is 0.0443. The fraction of sp³-hybridized carbons (Fsp3) is 0.364. The van der Waals surface area contributed by atoms with Gasteiger partial charge in [0.1, 0.15) is 5.75 Å². The van der Waals surface area contributed by atoms with Crippen molar-refractivity contribution < 1.29 is 14.3 Å². The Hall–Kier alpha value is -2.82. The molecule has 0 bridgehead atoms. The molecule has 1 saturated heterocycles. The molecule has 2 aromatic carbocycles. The Balaban J connectivity index is 1.48. The number of piperidine rings is 1. The van der Waals surface area contributed by atoms with Crippen molar-refractivity contribution in [3.05, 3.63) is 59.7 Å². The molecule has 0 unspecified atom stereocenters. The van der Waals surface area contributed by atoms with Crippen LogP contribution < -0.4 is 10.1 Å². The highest BCUT2D eigenvalue weighted by molar-refractivity contribution is 5.92. The summed E-state index contributed by atoms with van der Waals surface area (Å²) in [4.78, 5) is 26.9. The van der Waals surface area contributed by atoms with Crippen LogP contribution in [0.25, 0.3) is 0 Å². The third-order valence-corrected chi connectivity index (χ3v) is 5.02. The third kappa shape index (κ3) is 5.09. The third-order valence-electron chi connectivity index (χ3n) is 5.02. The van der Waals surface area contributed by atoms with E-state index >= 15 is 0 Å². The van der Waals surface area contributed by atoms with Gasteiger partial charge in [-0.05, 0) is 55.2 Å². The van der Waals surface area contributed by atoms with E-state index in [4.69, 9.17) is 4.74 Å². The summed E-state index contributed by atoms with van der Waals surface area (Å²) in [5.41, 5.74) is 2.92. The molecule has 1 N–H and O–H groups in total. The Morgan fingerprint density at radius 3 is 2.44 bits per heavy atom. The van der Waals surface area contributed by atoms with Gasteiger partial charge < -0.3 is 15.0 Å². The van der Waals surface area contributed by atoms with E-state index in [0.717, 1.165) is 22.6 Å². The maximum atomic E-state index is 12.5. The molecule has 27 heavy (non-hydrogen) atoms. The summed E-state index contributed by atoms with van der Waals surface area (Å²) in [6, 6.07) is 15.4. The largest absolute Gasteiger partial charge is 0.497 e. The second-order valence-corrected chi connectivity index (χ2v) is 7.04. The molecule has 5 heteroatoms. The van der Waals surface area contributed by atoms with Gasteiger partial charge in [0, 0.05) is 24.7 Å². The van der Waals surface area contributed by atoms with Gasteiger partial charge in [0.2, 0.25) is 11.8 Å². The molecule has 0 spiro atoms. The number of rotatable bonds is 5. The van der Waals surface area contributed by atoms with Crippen LogP contribution in [0.1, 0.15) is 24.0 Å². The molecule has 0 radical (unpaired) electrons. The molecule has 0 aromatic heterocycles. The number of likely N-dealkylation sites (tertiary alicyclic amines) is 1. The van der Waals surface area contributed by atoms with E-state index in [1.54, 1.807) is 7.11 Å². The number of hydrogen-bond donors (Lipinski definition) is 1. The van der Waals surface area contributed by atoms with Gasteiger partial charge in [-0.25, -0.2) is 0 Å². The molecule has 0 aliphatic carbocycles. The summed E-state index contributed by atoms with van der Waals surface area (Å²) in [5, 5.41) is 2.99. The molecule has 3 rings (SSSR count). The molecular weight excluding hydrogens is 340 g/mol. The second-order valence-electron chi connectivity index (χ2n) is 7.04. The molecule has 142 valence electrons.